The summed E-state index contributed by atoms with van der Waals surface area (Å²) in [5, 5.41) is 5.33. The molecule has 166 valence electrons. The number of rotatable bonds is 6. The van der Waals surface area contributed by atoms with Gasteiger partial charge in [0.05, 0.1) is 26.2 Å². The average Bonchev–Trinajstić information content (AvgIpc) is 2.76. The first kappa shape index (κ1) is 23.5. The molecule has 0 heterocycles. The summed E-state index contributed by atoms with van der Waals surface area (Å²) in [6, 6.07) is 12.6. The van der Waals surface area contributed by atoms with Crippen LogP contribution in [0.5, 0.6) is 0 Å². The van der Waals surface area contributed by atoms with Gasteiger partial charge in [0, 0.05) is 18.3 Å². The molecule has 0 spiro atoms. The largest absolute Gasteiger partial charge is 0.355 e. The molecule has 0 radical (unpaired) electrons. The number of sulfonamides is 1. The van der Waals surface area contributed by atoms with Gasteiger partial charge in [0.25, 0.3) is 21.8 Å². The van der Waals surface area contributed by atoms with Crippen molar-refractivity contribution in [3.63, 3.8) is 0 Å². The van der Waals surface area contributed by atoms with Gasteiger partial charge in [0.1, 0.15) is 5.82 Å². The van der Waals surface area contributed by atoms with E-state index in [1.54, 1.807) is 0 Å². The summed E-state index contributed by atoms with van der Waals surface area (Å²) in [6.45, 7) is 0. The van der Waals surface area contributed by atoms with Gasteiger partial charge in [0.2, 0.25) is 0 Å². The fourth-order valence-corrected chi connectivity index (χ4v) is 4.17. The SMILES string of the molecule is CNC(=O)c1cc(NC(=O)c2ccc(Cl)c(NS(=O)(=O)c3ccc(F)cc3)c2)ccc1Cl. The van der Waals surface area contributed by atoms with Gasteiger partial charge in [-0.15, -0.1) is 0 Å². The second-order valence-corrected chi connectivity index (χ2v) is 8.98. The minimum Gasteiger partial charge on any atom is -0.355 e. The summed E-state index contributed by atoms with van der Waals surface area (Å²) < 4.78 is 40.5. The average molecular weight is 496 g/mol. The summed E-state index contributed by atoms with van der Waals surface area (Å²) in [6.07, 6.45) is 0. The molecular formula is C21H16Cl2FN3O4S. The van der Waals surface area contributed by atoms with Gasteiger partial charge in [0.15, 0.2) is 0 Å². The number of anilines is 2. The molecule has 0 bridgehead atoms. The van der Waals surface area contributed by atoms with E-state index >= 15 is 0 Å². The van der Waals surface area contributed by atoms with Gasteiger partial charge in [-0.25, -0.2) is 12.8 Å². The topological polar surface area (TPSA) is 104 Å². The number of carbonyl (C=O) groups is 2. The highest BCUT2D eigenvalue weighted by Gasteiger charge is 2.18. The molecule has 0 saturated carbocycles. The lowest BCUT2D eigenvalue weighted by atomic mass is 10.1. The molecule has 0 saturated heterocycles. The fourth-order valence-electron chi connectivity index (χ4n) is 2.68. The first-order valence-corrected chi connectivity index (χ1v) is 11.3. The summed E-state index contributed by atoms with van der Waals surface area (Å²) in [7, 11) is -2.62. The minimum atomic E-state index is -4.07. The normalized spacial score (nSPS) is 11.0. The maximum atomic E-state index is 13.1. The number of hydrogen-bond acceptors (Lipinski definition) is 4. The van der Waals surface area contributed by atoms with Crippen molar-refractivity contribution in [1.82, 2.24) is 5.32 Å². The lowest BCUT2D eigenvalue weighted by Crippen LogP contribution is -2.19. The maximum absolute atomic E-state index is 13.1. The van der Waals surface area contributed by atoms with Crippen LogP contribution in [0.15, 0.2) is 65.6 Å². The van der Waals surface area contributed by atoms with Gasteiger partial charge in [-0.3, -0.25) is 14.3 Å². The highest BCUT2D eigenvalue weighted by atomic mass is 35.5. The van der Waals surface area contributed by atoms with E-state index in [2.05, 4.69) is 15.4 Å². The minimum absolute atomic E-state index is 0.0363. The molecule has 0 aliphatic heterocycles. The molecule has 0 aliphatic rings. The van der Waals surface area contributed by atoms with Crippen molar-refractivity contribution in [3.05, 3.63) is 87.7 Å². The Labute approximate surface area is 193 Å². The van der Waals surface area contributed by atoms with Crippen molar-refractivity contribution >= 4 is 56.4 Å². The summed E-state index contributed by atoms with van der Waals surface area (Å²) in [5.41, 5.74) is 0.547. The van der Waals surface area contributed by atoms with Gasteiger partial charge < -0.3 is 10.6 Å². The predicted molar refractivity (Wildman–Crippen MR) is 121 cm³/mol. The Bertz CT molecular complexity index is 1300. The third-order valence-electron chi connectivity index (χ3n) is 4.29. The molecule has 3 aromatic carbocycles. The zero-order valence-electron chi connectivity index (χ0n) is 16.4. The standard InChI is InChI=1S/C21H16Cl2FN3O4S/c1-25-21(29)16-11-14(5-9-17(16)22)26-20(28)12-2-8-18(23)19(10-12)27-32(30,31)15-6-3-13(24)4-7-15/h2-11,27H,1H3,(H,25,29)(H,26,28). The van der Waals surface area contributed by atoms with Crippen LogP contribution in [-0.2, 0) is 10.0 Å². The molecule has 2 amide bonds. The second kappa shape index (κ2) is 9.56. The van der Waals surface area contributed by atoms with Crippen LogP contribution in [0, 0.1) is 5.82 Å². The third-order valence-corrected chi connectivity index (χ3v) is 6.33. The number of amides is 2. The van der Waals surface area contributed by atoms with E-state index in [0.717, 1.165) is 24.3 Å². The quantitative estimate of drug-likeness (QED) is 0.466. The molecule has 0 aliphatic carbocycles. The van der Waals surface area contributed by atoms with Crippen molar-refractivity contribution < 1.29 is 22.4 Å². The molecule has 3 aromatic rings. The molecular weight excluding hydrogens is 480 g/mol. The Morgan fingerprint density at radius 3 is 2.19 bits per heavy atom. The maximum Gasteiger partial charge on any atom is 0.261 e. The third kappa shape index (κ3) is 5.37. The number of nitrogens with one attached hydrogen (secondary N) is 3. The molecule has 3 N–H and O–H groups in total. The second-order valence-electron chi connectivity index (χ2n) is 6.48. The van der Waals surface area contributed by atoms with E-state index in [-0.39, 0.29) is 31.8 Å². The Kier molecular flexibility index (Phi) is 7.02. The number of benzene rings is 3. The number of halogens is 3. The van der Waals surface area contributed by atoms with E-state index in [1.807, 2.05) is 0 Å². The first-order valence-electron chi connectivity index (χ1n) is 9.01. The van der Waals surface area contributed by atoms with E-state index in [9.17, 15) is 22.4 Å². The van der Waals surface area contributed by atoms with Crippen molar-refractivity contribution in [2.75, 3.05) is 17.1 Å². The number of hydrogen-bond donors (Lipinski definition) is 3. The van der Waals surface area contributed by atoms with E-state index in [1.165, 1.54) is 43.4 Å². The van der Waals surface area contributed by atoms with Crippen molar-refractivity contribution in [2.24, 2.45) is 0 Å². The van der Waals surface area contributed by atoms with Crippen LogP contribution in [0.25, 0.3) is 0 Å². The van der Waals surface area contributed by atoms with Gasteiger partial charge in [-0.2, -0.15) is 0 Å². The van der Waals surface area contributed by atoms with E-state index in [0.29, 0.717) is 5.69 Å². The van der Waals surface area contributed by atoms with Crippen LogP contribution in [-0.4, -0.2) is 27.3 Å². The molecule has 0 atom stereocenters. The molecule has 0 fully saturated rings. The molecule has 0 aromatic heterocycles. The van der Waals surface area contributed by atoms with Gasteiger partial charge in [-0.1, -0.05) is 23.2 Å². The lowest BCUT2D eigenvalue weighted by Gasteiger charge is -2.12. The summed E-state index contributed by atoms with van der Waals surface area (Å²) >= 11 is 12.1. The molecule has 7 nitrogen and oxygen atoms in total. The van der Waals surface area contributed by atoms with Crippen molar-refractivity contribution in [1.29, 1.82) is 0 Å². The summed E-state index contributed by atoms with van der Waals surface area (Å²) in [4.78, 5) is 24.4. The van der Waals surface area contributed by atoms with Gasteiger partial charge in [-0.05, 0) is 60.7 Å². The van der Waals surface area contributed by atoms with Crippen LogP contribution in [0.4, 0.5) is 15.8 Å². The zero-order chi connectivity index (χ0) is 23.5. The van der Waals surface area contributed by atoms with Crippen LogP contribution in [0.2, 0.25) is 10.0 Å². The van der Waals surface area contributed by atoms with E-state index in [4.69, 9.17) is 23.2 Å². The Balaban J connectivity index is 1.84. The zero-order valence-corrected chi connectivity index (χ0v) is 18.8. The van der Waals surface area contributed by atoms with Crippen molar-refractivity contribution in [3.8, 4) is 0 Å². The predicted octanol–water partition coefficient (Wildman–Crippen LogP) is 4.55. The Hall–Kier alpha value is -3.14. The molecule has 11 heteroatoms. The smallest absolute Gasteiger partial charge is 0.261 e. The highest BCUT2D eigenvalue weighted by molar-refractivity contribution is 7.92. The van der Waals surface area contributed by atoms with Crippen molar-refractivity contribution in [2.45, 2.75) is 4.90 Å². The Morgan fingerprint density at radius 1 is 0.875 bits per heavy atom. The van der Waals surface area contributed by atoms with Crippen LogP contribution >= 0.6 is 23.2 Å². The lowest BCUT2D eigenvalue weighted by molar-refractivity contribution is 0.0961. The fraction of sp³-hybridized carbons (Fsp3) is 0.0476. The number of carbonyl (C=O) groups excluding carboxylic acids is 2. The first-order chi connectivity index (χ1) is 15.1. The van der Waals surface area contributed by atoms with Crippen LogP contribution < -0.4 is 15.4 Å². The van der Waals surface area contributed by atoms with Crippen LogP contribution in [0.1, 0.15) is 20.7 Å². The molecule has 32 heavy (non-hydrogen) atoms. The summed E-state index contributed by atoms with van der Waals surface area (Å²) in [5.74, 6) is -1.58. The Morgan fingerprint density at radius 2 is 1.53 bits per heavy atom. The van der Waals surface area contributed by atoms with Crippen LogP contribution in [0.3, 0.4) is 0 Å². The molecule has 0 unspecified atom stereocenters. The molecule has 3 rings (SSSR count). The van der Waals surface area contributed by atoms with E-state index < -0.39 is 27.7 Å². The van der Waals surface area contributed by atoms with Gasteiger partial charge >= 0.3 is 0 Å². The highest BCUT2D eigenvalue weighted by Crippen LogP contribution is 2.27. The monoisotopic (exact) mass is 495 g/mol.